The number of phenols is 1. The molecule has 4 N–H and O–H groups in total. The minimum absolute atomic E-state index is 0.0168. The number of halogens is 2. The first-order valence-corrected chi connectivity index (χ1v) is 4.81. The summed E-state index contributed by atoms with van der Waals surface area (Å²) in [6, 6.07) is 1.22. The van der Waals surface area contributed by atoms with E-state index in [0.717, 1.165) is 0 Å². The molecule has 74 valence electrons. The van der Waals surface area contributed by atoms with E-state index in [2.05, 4.69) is 20.9 Å². The second-order valence-electron chi connectivity index (χ2n) is 2.96. The van der Waals surface area contributed by atoms with E-state index < -0.39 is 5.82 Å². The van der Waals surface area contributed by atoms with Crippen LogP contribution in [0.4, 0.5) is 4.39 Å². The zero-order valence-corrected chi connectivity index (χ0v) is 8.73. The average Bonchev–Trinajstić information content (AvgIpc) is 2.58. The molecule has 0 aliphatic rings. The number of nitrogens with one attached hydrogen (secondary N) is 1. The van der Waals surface area contributed by atoms with Gasteiger partial charge in [0.15, 0.2) is 0 Å². The summed E-state index contributed by atoms with van der Waals surface area (Å²) >= 11 is 3.07. The number of aromatic amines is 1. The lowest BCUT2D eigenvalue weighted by atomic mass is 10.1. The molecule has 14 heavy (non-hydrogen) atoms. The van der Waals surface area contributed by atoms with Crippen molar-refractivity contribution in [3.63, 3.8) is 0 Å². The van der Waals surface area contributed by atoms with Gasteiger partial charge in [0.25, 0.3) is 0 Å². The number of phenolic OH excluding ortho intramolecular Hbond substituents is 1. The molecule has 3 nitrogen and oxygen atoms in total. The Morgan fingerprint density at radius 1 is 1.57 bits per heavy atom. The van der Waals surface area contributed by atoms with Gasteiger partial charge in [-0.05, 0) is 27.6 Å². The SMILES string of the molecule is NCc1c[nH]c2c(F)cc(Br)c(O)c12. The summed E-state index contributed by atoms with van der Waals surface area (Å²) in [6.45, 7) is 0.253. The number of nitrogens with two attached hydrogens (primary N) is 1. The minimum Gasteiger partial charge on any atom is -0.506 e. The van der Waals surface area contributed by atoms with Crippen LogP contribution in [0.25, 0.3) is 10.9 Å². The fraction of sp³-hybridized carbons (Fsp3) is 0.111. The van der Waals surface area contributed by atoms with Crippen LogP contribution in [0.15, 0.2) is 16.7 Å². The van der Waals surface area contributed by atoms with E-state index in [-0.39, 0.29) is 17.8 Å². The third-order valence-electron chi connectivity index (χ3n) is 2.14. The van der Waals surface area contributed by atoms with Gasteiger partial charge in [-0.25, -0.2) is 4.39 Å². The van der Waals surface area contributed by atoms with Gasteiger partial charge in [0.05, 0.1) is 9.99 Å². The first-order valence-electron chi connectivity index (χ1n) is 4.02. The zero-order chi connectivity index (χ0) is 10.3. The van der Waals surface area contributed by atoms with Crippen molar-refractivity contribution in [2.75, 3.05) is 0 Å². The smallest absolute Gasteiger partial charge is 0.148 e. The highest BCUT2D eigenvalue weighted by molar-refractivity contribution is 9.10. The number of H-pyrrole nitrogens is 1. The lowest BCUT2D eigenvalue weighted by Gasteiger charge is -2.02. The molecule has 1 heterocycles. The van der Waals surface area contributed by atoms with Crippen molar-refractivity contribution < 1.29 is 9.50 Å². The first-order chi connectivity index (χ1) is 6.65. The normalized spacial score (nSPS) is 11.1. The Morgan fingerprint density at radius 3 is 2.93 bits per heavy atom. The third kappa shape index (κ3) is 1.20. The maximum absolute atomic E-state index is 13.4. The number of benzene rings is 1. The Labute approximate surface area is 87.9 Å². The number of rotatable bonds is 1. The van der Waals surface area contributed by atoms with Gasteiger partial charge in [-0.2, -0.15) is 0 Å². The Balaban J connectivity index is 2.92. The standard InChI is InChI=1S/C9H8BrFN2O/c10-5-1-6(11)8-7(9(5)14)4(2-12)3-13-8/h1,3,13-14H,2,12H2. The second kappa shape index (κ2) is 3.25. The summed E-state index contributed by atoms with van der Waals surface area (Å²) in [5.74, 6) is -0.396. The molecular weight excluding hydrogens is 251 g/mol. The summed E-state index contributed by atoms with van der Waals surface area (Å²) in [6.07, 6.45) is 1.60. The molecular formula is C9H8BrFN2O. The van der Waals surface area contributed by atoms with E-state index in [4.69, 9.17) is 5.73 Å². The summed E-state index contributed by atoms with van der Waals surface area (Å²) in [7, 11) is 0. The van der Waals surface area contributed by atoms with Crippen LogP contribution < -0.4 is 5.73 Å². The van der Waals surface area contributed by atoms with Gasteiger partial charge in [0.2, 0.25) is 0 Å². The highest BCUT2D eigenvalue weighted by Crippen LogP contribution is 2.36. The van der Waals surface area contributed by atoms with Gasteiger partial charge in [-0.3, -0.25) is 0 Å². The van der Waals surface area contributed by atoms with E-state index in [9.17, 15) is 9.50 Å². The number of fused-ring (bicyclic) bond motifs is 1. The number of aromatic nitrogens is 1. The van der Waals surface area contributed by atoms with Crippen LogP contribution in [-0.4, -0.2) is 10.1 Å². The Morgan fingerprint density at radius 2 is 2.29 bits per heavy atom. The van der Waals surface area contributed by atoms with Gasteiger partial charge in [0, 0.05) is 18.1 Å². The van der Waals surface area contributed by atoms with Gasteiger partial charge < -0.3 is 15.8 Å². The molecule has 0 saturated carbocycles. The predicted molar refractivity (Wildman–Crippen MR) is 55.5 cm³/mol. The van der Waals surface area contributed by atoms with Crippen LogP contribution in [0, 0.1) is 5.82 Å². The zero-order valence-electron chi connectivity index (χ0n) is 7.14. The summed E-state index contributed by atoms with van der Waals surface area (Å²) in [5, 5.41) is 10.1. The van der Waals surface area contributed by atoms with Gasteiger partial charge in [-0.15, -0.1) is 0 Å². The van der Waals surface area contributed by atoms with E-state index in [1.807, 2.05) is 0 Å². The first kappa shape index (κ1) is 9.48. The molecule has 0 atom stereocenters. The molecule has 0 unspecified atom stereocenters. The van der Waals surface area contributed by atoms with Crippen LogP contribution >= 0.6 is 15.9 Å². The fourth-order valence-corrected chi connectivity index (χ4v) is 1.85. The van der Waals surface area contributed by atoms with E-state index in [0.29, 0.717) is 15.4 Å². The van der Waals surface area contributed by atoms with E-state index in [1.54, 1.807) is 6.20 Å². The highest BCUT2D eigenvalue weighted by atomic mass is 79.9. The maximum atomic E-state index is 13.4. The molecule has 2 rings (SSSR count). The summed E-state index contributed by atoms with van der Waals surface area (Å²) in [4.78, 5) is 2.74. The van der Waals surface area contributed by atoms with Gasteiger partial charge >= 0.3 is 0 Å². The maximum Gasteiger partial charge on any atom is 0.148 e. The van der Waals surface area contributed by atoms with Crippen molar-refractivity contribution in [3.05, 3.63) is 28.1 Å². The van der Waals surface area contributed by atoms with Crippen LogP contribution in [0.1, 0.15) is 5.56 Å². The molecule has 0 spiro atoms. The molecule has 0 amide bonds. The molecule has 1 aromatic heterocycles. The predicted octanol–water partition coefficient (Wildman–Crippen LogP) is 2.23. The topological polar surface area (TPSA) is 62.0 Å². The monoisotopic (exact) mass is 258 g/mol. The average molecular weight is 259 g/mol. The lowest BCUT2D eigenvalue weighted by Crippen LogP contribution is -1.94. The van der Waals surface area contributed by atoms with Crippen molar-refractivity contribution in [3.8, 4) is 5.75 Å². The van der Waals surface area contributed by atoms with Crippen LogP contribution in [0.2, 0.25) is 0 Å². The molecule has 5 heteroatoms. The van der Waals surface area contributed by atoms with E-state index >= 15 is 0 Å². The van der Waals surface area contributed by atoms with Crippen LogP contribution in [0.5, 0.6) is 5.75 Å². The van der Waals surface area contributed by atoms with Gasteiger partial charge in [-0.1, -0.05) is 0 Å². The molecule has 0 aliphatic carbocycles. The molecule has 2 aromatic rings. The van der Waals surface area contributed by atoms with Crippen LogP contribution in [0.3, 0.4) is 0 Å². The third-order valence-corrected chi connectivity index (χ3v) is 2.74. The Kier molecular flexibility index (Phi) is 2.20. The second-order valence-corrected chi connectivity index (χ2v) is 3.81. The van der Waals surface area contributed by atoms with Crippen molar-refractivity contribution in [1.82, 2.24) is 4.98 Å². The molecule has 0 fully saturated rings. The molecule has 1 aromatic carbocycles. The van der Waals surface area contributed by atoms with Gasteiger partial charge in [0.1, 0.15) is 11.6 Å². The largest absolute Gasteiger partial charge is 0.506 e. The molecule has 0 aliphatic heterocycles. The molecule has 0 bridgehead atoms. The number of hydrogen-bond acceptors (Lipinski definition) is 2. The molecule has 0 saturated heterocycles. The van der Waals surface area contributed by atoms with Crippen LogP contribution in [-0.2, 0) is 6.54 Å². The summed E-state index contributed by atoms with van der Waals surface area (Å²) < 4.78 is 13.7. The fourth-order valence-electron chi connectivity index (χ4n) is 1.46. The summed E-state index contributed by atoms with van der Waals surface area (Å²) in [5.41, 5.74) is 6.44. The number of aromatic hydroxyl groups is 1. The Hall–Kier alpha value is -1.07. The van der Waals surface area contributed by atoms with Crippen molar-refractivity contribution in [1.29, 1.82) is 0 Å². The Bertz CT molecular complexity index is 495. The minimum atomic E-state index is -0.413. The highest BCUT2D eigenvalue weighted by Gasteiger charge is 2.14. The molecule has 0 radical (unpaired) electrons. The van der Waals surface area contributed by atoms with Crippen molar-refractivity contribution in [2.24, 2.45) is 5.73 Å². The lowest BCUT2D eigenvalue weighted by molar-refractivity contribution is 0.476. The number of hydrogen-bond donors (Lipinski definition) is 3. The van der Waals surface area contributed by atoms with Crippen molar-refractivity contribution >= 4 is 26.8 Å². The van der Waals surface area contributed by atoms with E-state index in [1.165, 1.54) is 6.07 Å². The quantitative estimate of drug-likeness (QED) is 0.735. The van der Waals surface area contributed by atoms with Crippen molar-refractivity contribution in [2.45, 2.75) is 6.54 Å².